The maximum absolute atomic E-state index is 13.1. The summed E-state index contributed by atoms with van der Waals surface area (Å²) in [5.74, 6) is -0.803. The van der Waals surface area contributed by atoms with Crippen LogP contribution in [0.4, 0.5) is 14.5 Å². The first-order chi connectivity index (χ1) is 16.1. The highest BCUT2D eigenvalue weighted by atomic mass is 35.5. The number of pyridine rings is 1. The molecule has 3 N–H and O–H groups in total. The number of alkyl halides is 2. The molecule has 4 aromatic rings. The summed E-state index contributed by atoms with van der Waals surface area (Å²) < 4.78 is 33.4. The zero-order chi connectivity index (χ0) is 24.6. The van der Waals surface area contributed by atoms with Crippen LogP contribution in [0.5, 0.6) is 5.75 Å². The van der Waals surface area contributed by atoms with Crippen LogP contribution in [-0.2, 0) is 6.73 Å². The Morgan fingerprint density at radius 1 is 1.24 bits per heavy atom. The van der Waals surface area contributed by atoms with Gasteiger partial charge in [-0.05, 0) is 55.3 Å². The number of hydrogen-bond donors (Lipinski definition) is 2. The van der Waals surface area contributed by atoms with E-state index in [1.165, 1.54) is 16.8 Å². The van der Waals surface area contributed by atoms with E-state index in [2.05, 4.69) is 15.4 Å². The van der Waals surface area contributed by atoms with E-state index in [1.54, 1.807) is 31.3 Å². The third-order valence-electron chi connectivity index (χ3n) is 4.93. The first-order valence-corrected chi connectivity index (χ1v) is 11.1. The number of fused-ring (bicyclic) bond motifs is 1. The maximum Gasteiger partial charge on any atom is 0.280 e. The molecule has 0 radical (unpaired) electrons. The predicted molar refractivity (Wildman–Crippen MR) is 125 cm³/mol. The fourth-order valence-electron chi connectivity index (χ4n) is 3.35. The first kappa shape index (κ1) is 23.6. The molecule has 0 aliphatic carbocycles. The molecule has 2 amide bonds. The van der Waals surface area contributed by atoms with E-state index in [9.17, 15) is 18.4 Å². The number of benzene rings is 1. The largest absolute Gasteiger partial charge is 0.471 e. The van der Waals surface area contributed by atoms with Gasteiger partial charge in [0.25, 0.3) is 18.2 Å². The Bertz CT molecular complexity index is 1420. The number of aryl methyl sites for hydroxylation is 2. The summed E-state index contributed by atoms with van der Waals surface area (Å²) in [4.78, 5) is 28.9. The van der Waals surface area contributed by atoms with Crippen molar-refractivity contribution in [3.8, 4) is 5.75 Å². The smallest absolute Gasteiger partial charge is 0.280 e. The molecular weight excluding hydrogens is 488 g/mol. The Labute approximate surface area is 201 Å². The lowest BCUT2D eigenvalue weighted by molar-refractivity contribution is 0.100. The molecule has 4 rings (SSSR count). The molecule has 0 bridgehead atoms. The van der Waals surface area contributed by atoms with Crippen LogP contribution < -0.4 is 15.8 Å². The molecule has 1 aromatic carbocycles. The zero-order valence-corrected chi connectivity index (χ0v) is 19.5. The van der Waals surface area contributed by atoms with Gasteiger partial charge in [0, 0.05) is 16.6 Å². The molecule has 0 unspecified atom stereocenters. The molecule has 8 nitrogen and oxygen atoms in total. The Morgan fingerprint density at radius 3 is 2.68 bits per heavy atom. The van der Waals surface area contributed by atoms with Crippen molar-refractivity contribution in [2.24, 2.45) is 5.73 Å². The monoisotopic (exact) mass is 505 g/mol. The first-order valence-electron chi connectivity index (χ1n) is 9.89. The van der Waals surface area contributed by atoms with Crippen LogP contribution in [0.3, 0.4) is 0 Å². The lowest BCUT2D eigenvalue weighted by Crippen LogP contribution is -2.18. The van der Waals surface area contributed by atoms with E-state index < -0.39 is 23.9 Å². The number of anilines is 1. The van der Waals surface area contributed by atoms with Crippen LogP contribution in [0.1, 0.15) is 43.4 Å². The van der Waals surface area contributed by atoms with Gasteiger partial charge in [-0.1, -0.05) is 11.6 Å². The fourth-order valence-corrected chi connectivity index (χ4v) is 4.65. The van der Waals surface area contributed by atoms with Crippen molar-refractivity contribution in [3.63, 3.8) is 0 Å². The number of ether oxygens (including phenoxy) is 1. The van der Waals surface area contributed by atoms with Crippen molar-refractivity contribution in [1.82, 2.24) is 14.8 Å². The topological polar surface area (TPSA) is 112 Å². The number of amides is 2. The normalized spacial score (nSPS) is 11.2. The zero-order valence-electron chi connectivity index (χ0n) is 17.9. The molecular formula is C22H18ClF2N5O3S. The number of thiophene rings is 1. The summed E-state index contributed by atoms with van der Waals surface area (Å²) in [6.45, 7) is 3.49. The summed E-state index contributed by atoms with van der Waals surface area (Å²) in [5.41, 5.74) is 6.49. The summed E-state index contributed by atoms with van der Waals surface area (Å²) in [5, 5.41) is 7.79. The van der Waals surface area contributed by atoms with Gasteiger partial charge >= 0.3 is 0 Å². The lowest BCUT2D eigenvalue weighted by Gasteiger charge is -2.09. The van der Waals surface area contributed by atoms with Gasteiger partial charge in [0.2, 0.25) is 0 Å². The van der Waals surface area contributed by atoms with Gasteiger partial charge in [-0.15, -0.1) is 11.3 Å². The Kier molecular flexibility index (Phi) is 6.49. The van der Waals surface area contributed by atoms with E-state index in [1.807, 2.05) is 6.92 Å². The van der Waals surface area contributed by atoms with Gasteiger partial charge in [-0.2, -0.15) is 5.10 Å². The SMILES string of the molecule is Cc1cc(Cl)ccc1OCn1ccc(C(=O)Nc2c(C(N)=O)sc3nc(C(F)F)cc(C)c23)n1. The summed E-state index contributed by atoms with van der Waals surface area (Å²) in [7, 11) is 0. The Balaban J connectivity index is 1.57. The predicted octanol–water partition coefficient (Wildman–Crippen LogP) is 5.09. The van der Waals surface area contributed by atoms with Crippen LogP contribution in [0, 0.1) is 13.8 Å². The quantitative estimate of drug-likeness (QED) is 0.363. The molecule has 0 saturated heterocycles. The van der Waals surface area contributed by atoms with E-state index >= 15 is 0 Å². The number of rotatable bonds is 7. The number of carbonyl (C=O) groups is 2. The summed E-state index contributed by atoms with van der Waals surface area (Å²) >= 11 is 6.79. The molecule has 0 spiro atoms. The summed E-state index contributed by atoms with van der Waals surface area (Å²) in [6.07, 6.45) is -1.22. The second-order valence-electron chi connectivity index (χ2n) is 7.39. The summed E-state index contributed by atoms with van der Waals surface area (Å²) in [6, 6.07) is 7.89. The number of nitrogens with one attached hydrogen (secondary N) is 1. The molecule has 3 heterocycles. The average Bonchev–Trinajstić information content (AvgIpc) is 3.38. The van der Waals surface area contributed by atoms with Gasteiger partial charge in [-0.3, -0.25) is 9.59 Å². The minimum Gasteiger partial charge on any atom is -0.471 e. The second kappa shape index (κ2) is 9.35. The van der Waals surface area contributed by atoms with Crippen molar-refractivity contribution >= 4 is 50.7 Å². The molecule has 0 aliphatic heterocycles. The molecule has 0 aliphatic rings. The van der Waals surface area contributed by atoms with Crippen LogP contribution >= 0.6 is 22.9 Å². The van der Waals surface area contributed by atoms with E-state index in [4.69, 9.17) is 22.1 Å². The molecule has 0 saturated carbocycles. The van der Waals surface area contributed by atoms with Gasteiger partial charge in [0.1, 0.15) is 21.2 Å². The maximum atomic E-state index is 13.1. The van der Waals surface area contributed by atoms with Gasteiger partial charge < -0.3 is 15.8 Å². The number of primary amides is 1. The lowest BCUT2D eigenvalue weighted by atomic mass is 10.1. The van der Waals surface area contributed by atoms with E-state index in [-0.39, 0.29) is 27.8 Å². The Morgan fingerprint density at radius 2 is 2.00 bits per heavy atom. The minimum absolute atomic E-state index is 0.00588. The molecule has 0 fully saturated rings. The van der Waals surface area contributed by atoms with Crippen molar-refractivity contribution in [1.29, 1.82) is 0 Å². The van der Waals surface area contributed by atoms with Gasteiger partial charge in [0.05, 0.1) is 5.69 Å². The molecule has 0 atom stereocenters. The fraction of sp³-hybridized carbons (Fsp3) is 0.182. The van der Waals surface area contributed by atoms with Crippen LogP contribution in [0.2, 0.25) is 5.02 Å². The Hall–Kier alpha value is -3.57. The average molecular weight is 506 g/mol. The van der Waals surface area contributed by atoms with Crippen LogP contribution in [-0.4, -0.2) is 26.6 Å². The van der Waals surface area contributed by atoms with Crippen molar-refractivity contribution in [2.75, 3.05) is 5.32 Å². The highest BCUT2D eigenvalue weighted by molar-refractivity contribution is 7.21. The standard InChI is InChI=1S/C22H18ClF2N5O3S/c1-10-7-12(23)3-4-15(10)33-9-30-6-5-13(29-30)21(32)28-17-16-11(2)8-14(19(24)25)27-22(16)34-18(17)20(26)31/h3-8,19H,9H2,1-2H3,(H2,26,31)(H,28,32). The molecule has 3 aromatic heterocycles. The second-order valence-corrected chi connectivity index (χ2v) is 8.83. The third kappa shape index (κ3) is 4.70. The third-order valence-corrected chi connectivity index (χ3v) is 6.26. The number of hydrogen-bond acceptors (Lipinski definition) is 6. The van der Waals surface area contributed by atoms with Gasteiger partial charge in [-0.25, -0.2) is 18.4 Å². The van der Waals surface area contributed by atoms with E-state index in [0.717, 1.165) is 16.9 Å². The molecule has 12 heteroatoms. The highest BCUT2D eigenvalue weighted by Gasteiger charge is 2.24. The highest BCUT2D eigenvalue weighted by Crippen LogP contribution is 2.38. The number of aromatic nitrogens is 3. The minimum atomic E-state index is -2.77. The van der Waals surface area contributed by atoms with Crippen LogP contribution in [0.15, 0.2) is 36.5 Å². The van der Waals surface area contributed by atoms with Crippen molar-refractivity contribution < 1.29 is 23.1 Å². The number of halogens is 3. The molecule has 176 valence electrons. The number of carbonyl (C=O) groups excluding carboxylic acids is 2. The van der Waals surface area contributed by atoms with Crippen LogP contribution in [0.25, 0.3) is 10.2 Å². The van der Waals surface area contributed by atoms with E-state index in [0.29, 0.717) is 21.7 Å². The van der Waals surface area contributed by atoms with Gasteiger partial charge in [0.15, 0.2) is 12.4 Å². The van der Waals surface area contributed by atoms with Crippen molar-refractivity contribution in [2.45, 2.75) is 27.0 Å². The molecule has 34 heavy (non-hydrogen) atoms. The number of nitrogens with two attached hydrogens (primary N) is 1. The number of nitrogens with zero attached hydrogens (tertiary/aromatic N) is 3. The van der Waals surface area contributed by atoms with Crippen molar-refractivity contribution in [3.05, 3.63) is 68.9 Å².